The molecular formula is C12H21N5O2. The van der Waals surface area contributed by atoms with Gasteiger partial charge in [0.2, 0.25) is 0 Å². The Morgan fingerprint density at radius 3 is 3.05 bits per heavy atom. The van der Waals surface area contributed by atoms with Crippen molar-refractivity contribution >= 4 is 17.6 Å². The minimum absolute atomic E-state index is 0.271. The highest BCUT2D eigenvalue weighted by molar-refractivity contribution is 5.99. The quantitative estimate of drug-likeness (QED) is 0.670. The van der Waals surface area contributed by atoms with Gasteiger partial charge in [-0.1, -0.05) is 6.92 Å². The van der Waals surface area contributed by atoms with E-state index in [1.165, 1.54) is 7.11 Å². The molecule has 0 saturated carbocycles. The number of aromatic nitrogens is 2. The van der Waals surface area contributed by atoms with Crippen LogP contribution in [0.4, 0.5) is 11.6 Å². The summed E-state index contributed by atoms with van der Waals surface area (Å²) in [6.07, 6.45) is 1.90. The molecule has 1 atom stereocenters. The zero-order chi connectivity index (χ0) is 13.8. The summed E-state index contributed by atoms with van der Waals surface area (Å²) >= 11 is 0. The molecule has 0 radical (unpaired) electrons. The molecule has 1 fully saturated rings. The maximum Gasteiger partial charge on any atom is 0.345 e. The molecule has 2 heterocycles. The Balaban J connectivity index is 2.28. The molecule has 0 bridgehead atoms. The monoisotopic (exact) mass is 267 g/mol. The van der Waals surface area contributed by atoms with Gasteiger partial charge in [-0.05, 0) is 19.4 Å². The van der Waals surface area contributed by atoms with Crippen LogP contribution in [0.3, 0.4) is 0 Å². The lowest BCUT2D eigenvalue weighted by atomic mass is 10.2. The Hall–Kier alpha value is -1.76. The van der Waals surface area contributed by atoms with E-state index in [1.807, 2.05) is 6.92 Å². The number of methoxy groups -OCH3 is 1. The van der Waals surface area contributed by atoms with E-state index in [9.17, 15) is 4.79 Å². The van der Waals surface area contributed by atoms with Crippen molar-refractivity contribution in [2.45, 2.75) is 32.4 Å². The summed E-state index contributed by atoms with van der Waals surface area (Å²) in [7, 11) is 1.35. The third kappa shape index (κ3) is 2.81. The van der Waals surface area contributed by atoms with Crippen molar-refractivity contribution in [3.05, 3.63) is 5.56 Å². The molecule has 0 aliphatic carbocycles. The van der Waals surface area contributed by atoms with E-state index >= 15 is 0 Å². The maximum absolute atomic E-state index is 11.8. The zero-order valence-electron chi connectivity index (χ0n) is 11.4. The van der Waals surface area contributed by atoms with Crippen LogP contribution < -0.4 is 16.4 Å². The van der Waals surface area contributed by atoms with E-state index in [1.54, 1.807) is 4.68 Å². The summed E-state index contributed by atoms with van der Waals surface area (Å²) in [6.45, 7) is 4.55. The number of ether oxygens (including phenoxy) is 1. The van der Waals surface area contributed by atoms with Crippen molar-refractivity contribution in [3.63, 3.8) is 0 Å². The van der Waals surface area contributed by atoms with Crippen LogP contribution in [0.25, 0.3) is 0 Å². The van der Waals surface area contributed by atoms with Crippen molar-refractivity contribution in [1.29, 1.82) is 0 Å². The fraction of sp³-hybridized carbons (Fsp3) is 0.667. The number of carbonyl (C=O) groups excluding carboxylic acids is 1. The van der Waals surface area contributed by atoms with Crippen LogP contribution in [0, 0.1) is 0 Å². The number of carbonyl (C=O) groups is 1. The second-order valence-electron chi connectivity index (χ2n) is 4.66. The second kappa shape index (κ2) is 5.92. The van der Waals surface area contributed by atoms with Crippen molar-refractivity contribution in [1.82, 2.24) is 15.1 Å². The van der Waals surface area contributed by atoms with Gasteiger partial charge in [0.05, 0.1) is 7.11 Å². The number of anilines is 2. The van der Waals surface area contributed by atoms with Crippen LogP contribution >= 0.6 is 0 Å². The molecule has 19 heavy (non-hydrogen) atoms. The summed E-state index contributed by atoms with van der Waals surface area (Å²) in [5.41, 5.74) is 6.32. The van der Waals surface area contributed by atoms with Crippen molar-refractivity contribution in [3.8, 4) is 0 Å². The molecule has 1 aliphatic heterocycles. The summed E-state index contributed by atoms with van der Waals surface area (Å²) in [6, 6.07) is 0.271. The lowest BCUT2D eigenvalue weighted by molar-refractivity contribution is 0.0603. The summed E-state index contributed by atoms with van der Waals surface area (Å²) in [5, 5.41) is 10.9. The predicted octanol–water partition coefficient (Wildman–Crippen LogP) is 0.436. The van der Waals surface area contributed by atoms with Crippen molar-refractivity contribution in [2.75, 3.05) is 31.2 Å². The van der Waals surface area contributed by atoms with Crippen LogP contribution in [-0.2, 0) is 11.3 Å². The Morgan fingerprint density at radius 2 is 2.47 bits per heavy atom. The third-order valence-corrected chi connectivity index (χ3v) is 3.22. The van der Waals surface area contributed by atoms with Crippen LogP contribution in [0.1, 0.15) is 30.1 Å². The lowest BCUT2D eigenvalue weighted by Crippen LogP contribution is -2.23. The molecule has 4 N–H and O–H groups in total. The Kier molecular flexibility index (Phi) is 4.26. The third-order valence-electron chi connectivity index (χ3n) is 3.22. The number of nitrogens with zero attached hydrogens (tertiary/aromatic N) is 2. The fourth-order valence-corrected chi connectivity index (χ4v) is 2.23. The Labute approximate surface area is 112 Å². The number of esters is 1. The molecule has 0 amide bonds. The van der Waals surface area contributed by atoms with E-state index < -0.39 is 5.97 Å². The van der Waals surface area contributed by atoms with Crippen LogP contribution in [0.15, 0.2) is 0 Å². The molecule has 2 rings (SSSR count). The lowest BCUT2D eigenvalue weighted by Gasteiger charge is -2.11. The van der Waals surface area contributed by atoms with Gasteiger partial charge in [-0.2, -0.15) is 5.10 Å². The van der Waals surface area contributed by atoms with E-state index in [0.29, 0.717) is 23.7 Å². The summed E-state index contributed by atoms with van der Waals surface area (Å²) < 4.78 is 6.44. The van der Waals surface area contributed by atoms with Crippen LogP contribution in [0.5, 0.6) is 0 Å². The highest BCUT2D eigenvalue weighted by Gasteiger charge is 2.25. The number of nitrogen functional groups attached to an aromatic ring is 1. The highest BCUT2D eigenvalue weighted by atomic mass is 16.5. The minimum atomic E-state index is -0.451. The molecule has 1 aromatic rings. The van der Waals surface area contributed by atoms with E-state index in [4.69, 9.17) is 10.5 Å². The van der Waals surface area contributed by atoms with Crippen LogP contribution in [-0.4, -0.2) is 42.0 Å². The second-order valence-corrected chi connectivity index (χ2v) is 4.66. The Bertz CT molecular complexity index is 451. The van der Waals surface area contributed by atoms with E-state index in [0.717, 1.165) is 25.9 Å². The van der Waals surface area contributed by atoms with Gasteiger partial charge >= 0.3 is 5.97 Å². The maximum atomic E-state index is 11.8. The molecule has 0 aromatic carbocycles. The largest absolute Gasteiger partial charge is 0.465 e. The number of hydrogen-bond donors (Lipinski definition) is 3. The number of nitrogens with one attached hydrogen (secondary N) is 2. The number of rotatable bonds is 5. The van der Waals surface area contributed by atoms with Gasteiger partial charge in [0.15, 0.2) is 5.82 Å². The first kappa shape index (κ1) is 13.7. The molecule has 106 valence electrons. The SMILES string of the molecule is CCCn1nc(NC2CCNC2)c(C(=O)OC)c1N. The average Bonchev–Trinajstić information content (AvgIpc) is 2.99. The number of aryl methyl sites for hydroxylation is 1. The zero-order valence-corrected chi connectivity index (χ0v) is 11.4. The van der Waals surface area contributed by atoms with Gasteiger partial charge in [-0.3, -0.25) is 0 Å². The van der Waals surface area contributed by atoms with Gasteiger partial charge in [0.25, 0.3) is 0 Å². The molecule has 1 aromatic heterocycles. The topological polar surface area (TPSA) is 94.2 Å². The van der Waals surface area contributed by atoms with E-state index in [2.05, 4.69) is 15.7 Å². The van der Waals surface area contributed by atoms with Crippen molar-refractivity contribution in [2.24, 2.45) is 0 Å². The standard InChI is InChI=1S/C12H21N5O2/c1-3-6-17-10(13)9(12(18)19-2)11(16-17)15-8-4-5-14-7-8/h8,14H,3-7,13H2,1-2H3,(H,15,16). The van der Waals surface area contributed by atoms with Gasteiger partial charge < -0.3 is 21.1 Å². The predicted molar refractivity (Wildman–Crippen MR) is 73.2 cm³/mol. The van der Waals surface area contributed by atoms with Crippen LogP contribution in [0.2, 0.25) is 0 Å². The summed E-state index contributed by atoms with van der Waals surface area (Å²) in [5.74, 6) is 0.432. The highest BCUT2D eigenvalue weighted by Crippen LogP contribution is 2.24. The Morgan fingerprint density at radius 1 is 1.68 bits per heavy atom. The molecule has 1 unspecified atom stereocenters. The van der Waals surface area contributed by atoms with E-state index in [-0.39, 0.29) is 6.04 Å². The molecule has 1 saturated heterocycles. The average molecular weight is 267 g/mol. The first-order valence-corrected chi connectivity index (χ1v) is 6.59. The number of hydrogen-bond acceptors (Lipinski definition) is 6. The molecular weight excluding hydrogens is 246 g/mol. The van der Waals surface area contributed by atoms with Gasteiger partial charge in [0, 0.05) is 19.1 Å². The van der Waals surface area contributed by atoms with Gasteiger partial charge in [-0.15, -0.1) is 0 Å². The molecule has 0 spiro atoms. The minimum Gasteiger partial charge on any atom is -0.465 e. The first-order valence-electron chi connectivity index (χ1n) is 6.59. The summed E-state index contributed by atoms with van der Waals surface area (Å²) in [4.78, 5) is 11.8. The normalized spacial score (nSPS) is 18.5. The fourth-order valence-electron chi connectivity index (χ4n) is 2.23. The number of nitrogens with two attached hydrogens (primary N) is 1. The van der Waals surface area contributed by atoms with Gasteiger partial charge in [-0.25, -0.2) is 9.48 Å². The molecule has 7 heteroatoms. The van der Waals surface area contributed by atoms with Crippen molar-refractivity contribution < 1.29 is 9.53 Å². The molecule has 7 nitrogen and oxygen atoms in total. The first-order chi connectivity index (χ1) is 9.17. The smallest absolute Gasteiger partial charge is 0.345 e. The molecule has 1 aliphatic rings. The van der Waals surface area contributed by atoms with Gasteiger partial charge in [0.1, 0.15) is 11.4 Å².